The summed E-state index contributed by atoms with van der Waals surface area (Å²) in [5.74, 6) is -3.12. The van der Waals surface area contributed by atoms with Crippen LogP contribution in [0.25, 0.3) is 0 Å². The number of amidine groups is 2. The number of nitrogens with one attached hydrogen (secondary N) is 2. The monoisotopic (exact) mass is 892 g/mol. The Bertz CT molecular complexity index is 2960. The molecule has 3 N–H and O–H groups in total. The molecule has 63 heavy (non-hydrogen) atoms. The number of fused-ring (bicyclic) bond motifs is 2. The number of Topliss-reactive ketones (excluding diaryl/α,β-unsaturated/α-hetero) is 2. The maximum Gasteiger partial charge on any atom is 0.337 e. The molecule has 2 unspecified atom stereocenters. The van der Waals surface area contributed by atoms with Crippen molar-refractivity contribution in [1.82, 2.24) is 9.97 Å². The van der Waals surface area contributed by atoms with Crippen LogP contribution < -0.4 is 10.6 Å². The first kappa shape index (κ1) is 43.5. The van der Waals surface area contributed by atoms with E-state index in [4.69, 9.17) is 13.9 Å². The van der Waals surface area contributed by atoms with E-state index in [2.05, 4.69) is 34.1 Å². The summed E-state index contributed by atoms with van der Waals surface area (Å²) >= 11 is 0. The molecular formula is C43H36N6O12S2. The van der Waals surface area contributed by atoms with Crippen LogP contribution in [0, 0.1) is 0 Å². The molecule has 4 aromatic carbocycles. The Morgan fingerprint density at radius 3 is 1.46 bits per heavy atom. The molecule has 2 aliphatic rings. The highest BCUT2D eigenvalue weighted by molar-refractivity contribution is 7.91. The standard InChI is InChI=1S/C22H19N3O6S.C21H17N3O6S/c1-30-22(27)15-7-9-17-19(13-15)32(28,29)25-20(24-17)18(26)10-8-16(21-23-11-12-31-21)14-5-3-2-4-6-14;25-17(9-7-15(20-22-10-11-30-20)13-4-2-1-3-5-13)19-23-16-8-6-14(21(26)27)12-18(16)31(28,29)24-19/h2-7,9,11-13,16H,8,10H2,1H3,(H,24,25);1-6,8,10-12,15H,7,9H2,(H,23,24)(H,26,27). The fourth-order valence-electron chi connectivity index (χ4n) is 6.77. The number of aromatic nitrogens is 2. The summed E-state index contributed by atoms with van der Waals surface area (Å²) in [5.41, 5.74) is 1.99. The molecule has 4 heterocycles. The summed E-state index contributed by atoms with van der Waals surface area (Å²) in [4.78, 5) is 56.4. The van der Waals surface area contributed by atoms with Crippen LogP contribution in [-0.4, -0.2) is 74.2 Å². The van der Waals surface area contributed by atoms with Crippen molar-refractivity contribution in [2.75, 3.05) is 17.7 Å². The van der Waals surface area contributed by atoms with Gasteiger partial charge in [-0.15, -0.1) is 8.80 Å². The van der Waals surface area contributed by atoms with Gasteiger partial charge in [-0.3, -0.25) is 9.59 Å². The number of methoxy groups -OCH3 is 1. The minimum absolute atomic E-state index is 0.00810. The number of nitrogens with zero attached hydrogens (tertiary/aromatic N) is 4. The van der Waals surface area contributed by atoms with E-state index in [1.54, 1.807) is 0 Å². The first-order valence-electron chi connectivity index (χ1n) is 19.0. The summed E-state index contributed by atoms with van der Waals surface area (Å²) in [5, 5.41) is 14.5. The number of oxazole rings is 2. The Kier molecular flexibility index (Phi) is 12.8. The van der Waals surface area contributed by atoms with Crippen LogP contribution in [0.5, 0.6) is 0 Å². The Labute approximate surface area is 359 Å². The summed E-state index contributed by atoms with van der Waals surface area (Å²) < 4.78 is 73.0. The zero-order valence-corrected chi connectivity index (χ0v) is 34.7. The van der Waals surface area contributed by atoms with Crippen molar-refractivity contribution in [3.05, 3.63) is 156 Å². The van der Waals surface area contributed by atoms with Gasteiger partial charge >= 0.3 is 11.9 Å². The summed E-state index contributed by atoms with van der Waals surface area (Å²) in [7, 11) is -7.19. The third kappa shape index (κ3) is 9.98. The Hall–Kier alpha value is -7.58. The number of carbonyl (C=O) groups is 4. The number of hydrogen-bond donors (Lipinski definition) is 3. The number of carbonyl (C=O) groups excluding carboxylic acids is 3. The first-order valence-corrected chi connectivity index (χ1v) is 21.9. The van der Waals surface area contributed by atoms with Gasteiger partial charge in [-0.1, -0.05) is 60.7 Å². The van der Waals surface area contributed by atoms with Gasteiger partial charge in [0.2, 0.25) is 11.8 Å². The van der Waals surface area contributed by atoms with Crippen molar-refractivity contribution in [3.63, 3.8) is 0 Å². The van der Waals surface area contributed by atoms with Crippen molar-refractivity contribution >= 4 is 66.6 Å². The average Bonchev–Trinajstić information content (AvgIpc) is 4.03. The van der Waals surface area contributed by atoms with E-state index in [-0.39, 0.29) is 68.6 Å². The van der Waals surface area contributed by atoms with E-state index in [1.807, 2.05) is 60.7 Å². The molecule has 0 bridgehead atoms. The molecule has 2 atom stereocenters. The number of sulfonamides is 2. The van der Waals surface area contributed by atoms with E-state index in [9.17, 15) is 36.0 Å². The highest BCUT2D eigenvalue weighted by atomic mass is 32.2. The third-order valence-corrected chi connectivity index (χ3v) is 12.5. The maximum absolute atomic E-state index is 12.8. The fourth-order valence-corrected chi connectivity index (χ4v) is 9.09. The second kappa shape index (κ2) is 18.6. The number of ketones is 2. The van der Waals surface area contributed by atoms with Crippen molar-refractivity contribution in [1.29, 1.82) is 0 Å². The van der Waals surface area contributed by atoms with Gasteiger partial charge < -0.3 is 29.3 Å². The molecule has 322 valence electrons. The van der Waals surface area contributed by atoms with Gasteiger partial charge in [0.15, 0.2) is 23.2 Å². The summed E-state index contributed by atoms with van der Waals surface area (Å²) in [6.07, 6.45) is 6.65. The highest BCUT2D eigenvalue weighted by Crippen LogP contribution is 2.33. The Morgan fingerprint density at radius 2 is 1.06 bits per heavy atom. The van der Waals surface area contributed by atoms with Crippen molar-refractivity contribution in [2.45, 2.75) is 47.3 Å². The topological polar surface area (TPSA) is 267 Å². The molecule has 0 amide bonds. The molecule has 2 aliphatic heterocycles. The zero-order chi connectivity index (χ0) is 44.7. The molecule has 0 fully saturated rings. The number of rotatable bonds is 14. The largest absolute Gasteiger partial charge is 0.478 e. The molecule has 2 aromatic heterocycles. The predicted octanol–water partition coefficient (Wildman–Crippen LogP) is 6.22. The molecule has 0 saturated carbocycles. The lowest BCUT2D eigenvalue weighted by Gasteiger charge is -2.19. The Morgan fingerprint density at radius 1 is 0.635 bits per heavy atom. The maximum atomic E-state index is 12.8. The van der Waals surface area contributed by atoms with Crippen LogP contribution >= 0.6 is 0 Å². The predicted molar refractivity (Wildman–Crippen MR) is 226 cm³/mol. The van der Waals surface area contributed by atoms with Crippen LogP contribution in [0.4, 0.5) is 11.4 Å². The van der Waals surface area contributed by atoms with Crippen LogP contribution in [0.2, 0.25) is 0 Å². The van der Waals surface area contributed by atoms with Gasteiger partial charge in [0.1, 0.15) is 22.3 Å². The van der Waals surface area contributed by atoms with Crippen LogP contribution in [0.3, 0.4) is 0 Å². The van der Waals surface area contributed by atoms with Crippen molar-refractivity contribution in [3.8, 4) is 0 Å². The number of ether oxygens (including phenoxy) is 1. The minimum Gasteiger partial charge on any atom is -0.478 e. The fraction of sp³-hybridized carbons (Fsp3) is 0.163. The lowest BCUT2D eigenvalue weighted by atomic mass is 9.93. The van der Waals surface area contributed by atoms with Crippen LogP contribution in [0.1, 0.15) is 81.1 Å². The zero-order valence-electron chi connectivity index (χ0n) is 33.1. The van der Waals surface area contributed by atoms with Gasteiger partial charge in [0.05, 0.1) is 53.8 Å². The first-order chi connectivity index (χ1) is 30.2. The normalized spacial score (nSPS) is 15.2. The quantitative estimate of drug-likeness (QED) is 0.102. The van der Waals surface area contributed by atoms with Gasteiger partial charge in [-0.2, -0.15) is 16.8 Å². The van der Waals surface area contributed by atoms with E-state index in [0.717, 1.165) is 17.2 Å². The van der Waals surface area contributed by atoms with Gasteiger partial charge in [-0.05, 0) is 60.4 Å². The number of hydrogen-bond acceptors (Lipinski definition) is 15. The molecule has 6 aromatic rings. The lowest BCUT2D eigenvalue weighted by Crippen LogP contribution is -2.29. The number of anilines is 2. The number of esters is 1. The molecular weight excluding hydrogens is 857 g/mol. The number of carboxylic acids is 1. The average molecular weight is 893 g/mol. The number of carboxylic acid groups (broad SMARTS) is 1. The molecule has 20 heteroatoms. The second-order valence-corrected chi connectivity index (χ2v) is 17.0. The lowest BCUT2D eigenvalue weighted by molar-refractivity contribution is -0.113. The SMILES string of the molecule is COC(=O)c1ccc2c(c1)S(=O)(=O)N=C(C(=O)CCC(c1ccccc1)c1ncco1)N2.O=C(CCC(c1ccccc1)c1ncco1)C1=NS(=O)(=O)c2cc(C(=O)O)ccc2N1. The van der Waals surface area contributed by atoms with E-state index in [1.165, 1.54) is 62.4 Å². The van der Waals surface area contributed by atoms with Crippen molar-refractivity contribution in [2.24, 2.45) is 8.80 Å². The second-order valence-electron chi connectivity index (χ2n) is 13.9. The molecule has 0 spiro atoms. The van der Waals surface area contributed by atoms with Gasteiger partial charge in [-0.25, -0.2) is 19.6 Å². The van der Waals surface area contributed by atoms with Crippen LogP contribution in [-0.2, 0) is 34.4 Å². The minimum atomic E-state index is -4.22. The van der Waals surface area contributed by atoms with E-state index in [0.29, 0.717) is 24.6 Å². The Balaban J connectivity index is 0.000000189. The van der Waals surface area contributed by atoms with Gasteiger partial charge in [0, 0.05) is 12.8 Å². The highest BCUT2D eigenvalue weighted by Gasteiger charge is 2.32. The summed E-state index contributed by atoms with van der Waals surface area (Å²) in [6, 6.07) is 26.4. The smallest absolute Gasteiger partial charge is 0.337 e. The molecule has 8 rings (SSSR count). The number of aromatic carboxylic acids is 1. The number of benzene rings is 4. The van der Waals surface area contributed by atoms with Crippen LogP contribution in [0.15, 0.2) is 149 Å². The van der Waals surface area contributed by atoms with E-state index < -0.39 is 43.6 Å². The molecule has 0 aliphatic carbocycles. The summed E-state index contributed by atoms with van der Waals surface area (Å²) in [6.45, 7) is 0. The van der Waals surface area contributed by atoms with E-state index >= 15 is 0 Å². The molecule has 0 saturated heterocycles. The molecule has 0 radical (unpaired) electrons. The third-order valence-electron chi connectivity index (χ3n) is 9.87. The van der Waals surface area contributed by atoms with Crippen molar-refractivity contribution < 1.29 is 54.7 Å². The molecule has 18 nitrogen and oxygen atoms in total. The van der Waals surface area contributed by atoms with Gasteiger partial charge in [0.25, 0.3) is 20.0 Å².